The minimum atomic E-state index is -0.842. The van der Waals surface area contributed by atoms with Crippen molar-refractivity contribution >= 4 is 32.8 Å². The van der Waals surface area contributed by atoms with E-state index in [1.54, 1.807) is 0 Å². The van der Waals surface area contributed by atoms with Crippen molar-refractivity contribution in [3.63, 3.8) is 0 Å². The number of fused-ring (bicyclic) bond motifs is 1. The van der Waals surface area contributed by atoms with Gasteiger partial charge < -0.3 is 15.4 Å². The number of aromatic amines is 1. The first-order valence-electron chi connectivity index (χ1n) is 7.39. The molecule has 5 heteroatoms. The van der Waals surface area contributed by atoms with Crippen LogP contribution in [0.25, 0.3) is 10.9 Å². The van der Waals surface area contributed by atoms with Crippen LogP contribution in [0.1, 0.15) is 11.1 Å². The third-order valence-electron chi connectivity index (χ3n) is 3.84. The zero-order chi connectivity index (χ0) is 16.2. The molecule has 3 aromatic rings. The monoisotopic (exact) mass is 372 g/mol. The van der Waals surface area contributed by atoms with Gasteiger partial charge in [-0.2, -0.15) is 0 Å². The quantitative estimate of drug-likeness (QED) is 0.617. The number of halogens is 1. The first-order valence-corrected chi connectivity index (χ1v) is 8.18. The lowest BCUT2D eigenvalue weighted by atomic mass is 10.0. The molecule has 1 heterocycles. The topological polar surface area (TPSA) is 65.1 Å². The number of para-hydroxylation sites is 1. The fourth-order valence-electron chi connectivity index (χ4n) is 2.66. The Morgan fingerprint density at radius 3 is 2.83 bits per heavy atom. The van der Waals surface area contributed by atoms with E-state index in [2.05, 4.69) is 26.2 Å². The van der Waals surface area contributed by atoms with E-state index in [0.29, 0.717) is 13.0 Å². The molecule has 0 fully saturated rings. The summed E-state index contributed by atoms with van der Waals surface area (Å²) in [5.41, 5.74) is 3.08. The summed E-state index contributed by atoms with van der Waals surface area (Å²) in [7, 11) is 0. The Balaban J connectivity index is 1.73. The lowest BCUT2D eigenvalue weighted by Gasteiger charge is -2.14. The van der Waals surface area contributed by atoms with Crippen LogP contribution in [0.2, 0.25) is 0 Å². The summed E-state index contributed by atoms with van der Waals surface area (Å²) in [6.45, 7) is 0.513. The van der Waals surface area contributed by atoms with E-state index in [4.69, 9.17) is 0 Å². The van der Waals surface area contributed by atoms with Gasteiger partial charge in [-0.05, 0) is 29.3 Å². The molecule has 4 nitrogen and oxygen atoms in total. The van der Waals surface area contributed by atoms with Gasteiger partial charge in [-0.3, -0.25) is 4.79 Å². The predicted octanol–water partition coefficient (Wildman–Crippen LogP) is 3.72. The van der Waals surface area contributed by atoms with Gasteiger partial charge in [0.2, 0.25) is 0 Å². The van der Waals surface area contributed by atoms with Gasteiger partial charge in [0.15, 0.2) is 0 Å². The molecule has 0 radical (unpaired) electrons. The maximum Gasteiger partial charge on any atom is 0.321 e. The van der Waals surface area contributed by atoms with Crippen LogP contribution >= 0.6 is 15.9 Å². The summed E-state index contributed by atoms with van der Waals surface area (Å²) in [6.07, 6.45) is 2.33. The molecule has 0 spiro atoms. The third-order valence-corrected chi connectivity index (χ3v) is 4.33. The fourth-order valence-corrected chi connectivity index (χ4v) is 3.10. The first-order chi connectivity index (χ1) is 11.1. The van der Waals surface area contributed by atoms with Crippen LogP contribution < -0.4 is 5.32 Å². The van der Waals surface area contributed by atoms with Crippen LogP contribution in [0.4, 0.5) is 0 Å². The Kier molecular flexibility index (Phi) is 4.79. The van der Waals surface area contributed by atoms with Crippen molar-refractivity contribution in [2.24, 2.45) is 0 Å². The molecule has 1 unspecified atom stereocenters. The summed E-state index contributed by atoms with van der Waals surface area (Å²) in [6, 6.07) is 15.1. The average molecular weight is 373 g/mol. The first kappa shape index (κ1) is 15.8. The van der Waals surface area contributed by atoms with E-state index in [-0.39, 0.29) is 0 Å². The fraction of sp³-hybridized carbons (Fsp3) is 0.167. The van der Waals surface area contributed by atoms with Crippen LogP contribution in [0, 0.1) is 0 Å². The van der Waals surface area contributed by atoms with Gasteiger partial charge in [0, 0.05) is 34.5 Å². The van der Waals surface area contributed by atoms with E-state index in [9.17, 15) is 9.90 Å². The van der Waals surface area contributed by atoms with Crippen LogP contribution in [-0.4, -0.2) is 22.1 Å². The molecule has 3 rings (SSSR count). The number of carboxylic acids is 1. The average Bonchev–Trinajstić information content (AvgIpc) is 2.94. The molecule has 1 aromatic heterocycles. The van der Waals surface area contributed by atoms with E-state index >= 15 is 0 Å². The summed E-state index contributed by atoms with van der Waals surface area (Å²) in [4.78, 5) is 14.8. The number of rotatable bonds is 6. The third kappa shape index (κ3) is 3.81. The molecular weight excluding hydrogens is 356 g/mol. The Morgan fingerprint density at radius 2 is 2.04 bits per heavy atom. The summed E-state index contributed by atoms with van der Waals surface area (Å²) >= 11 is 3.43. The summed E-state index contributed by atoms with van der Waals surface area (Å²) < 4.78 is 0.986. The van der Waals surface area contributed by atoms with Gasteiger partial charge in [-0.15, -0.1) is 0 Å². The number of aromatic nitrogens is 1. The standard InChI is InChI=1S/C18H17BrN2O2/c19-14-5-3-4-12(8-14)10-20-17(18(22)23)9-13-11-21-16-7-2-1-6-15(13)16/h1-8,11,17,20-21H,9-10H2,(H,22,23). The largest absolute Gasteiger partial charge is 0.480 e. The minimum Gasteiger partial charge on any atom is -0.480 e. The number of carbonyl (C=O) groups is 1. The van der Waals surface area contributed by atoms with Crippen molar-refractivity contribution in [3.05, 3.63) is 70.3 Å². The highest BCUT2D eigenvalue weighted by molar-refractivity contribution is 9.10. The van der Waals surface area contributed by atoms with E-state index in [0.717, 1.165) is 26.5 Å². The van der Waals surface area contributed by atoms with Gasteiger partial charge in [0.1, 0.15) is 6.04 Å². The highest BCUT2D eigenvalue weighted by Crippen LogP contribution is 2.19. The number of H-pyrrole nitrogens is 1. The van der Waals surface area contributed by atoms with Gasteiger partial charge >= 0.3 is 5.97 Å². The Hall–Kier alpha value is -2.11. The highest BCUT2D eigenvalue weighted by Gasteiger charge is 2.19. The van der Waals surface area contributed by atoms with Crippen molar-refractivity contribution < 1.29 is 9.90 Å². The van der Waals surface area contributed by atoms with E-state index < -0.39 is 12.0 Å². The predicted molar refractivity (Wildman–Crippen MR) is 94.4 cm³/mol. The molecule has 118 valence electrons. The number of nitrogens with one attached hydrogen (secondary N) is 2. The molecule has 1 atom stereocenters. The zero-order valence-corrected chi connectivity index (χ0v) is 14.0. The van der Waals surface area contributed by atoms with Crippen LogP contribution in [0.15, 0.2) is 59.2 Å². The number of hydrogen-bond acceptors (Lipinski definition) is 2. The van der Waals surface area contributed by atoms with Crippen molar-refractivity contribution in [2.45, 2.75) is 19.0 Å². The second-order valence-electron chi connectivity index (χ2n) is 5.47. The second kappa shape index (κ2) is 6.98. The molecule has 0 amide bonds. The van der Waals surface area contributed by atoms with Crippen molar-refractivity contribution in [1.29, 1.82) is 0 Å². The zero-order valence-electron chi connectivity index (χ0n) is 12.4. The molecule has 0 saturated heterocycles. The van der Waals surface area contributed by atoms with Crippen LogP contribution in [0.5, 0.6) is 0 Å². The SMILES string of the molecule is O=C(O)C(Cc1c[nH]c2ccccc12)NCc1cccc(Br)c1. The smallest absolute Gasteiger partial charge is 0.321 e. The Labute approximate surface area is 142 Å². The van der Waals surface area contributed by atoms with Gasteiger partial charge in [-0.25, -0.2) is 0 Å². The van der Waals surface area contributed by atoms with Crippen molar-refractivity contribution in [3.8, 4) is 0 Å². The maximum absolute atomic E-state index is 11.6. The van der Waals surface area contributed by atoms with Crippen molar-refractivity contribution in [2.75, 3.05) is 0 Å². The number of benzene rings is 2. The normalized spacial score (nSPS) is 12.4. The lowest BCUT2D eigenvalue weighted by molar-refractivity contribution is -0.139. The number of aliphatic carboxylic acids is 1. The Morgan fingerprint density at radius 1 is 1.22 bits per heavy atom. The molecule has 0 aliphatic rings. The molecule has 3 N–H and O–H groups in total. The number of hydrogen-bond donors (Lipinski definition) is 3. The molecule has 0 saturated carbocycles. The van der Waals surface area contributed by atoms with Gasteiger partial charge in [0.25, 0.3) is 0 Å². The minimum absolute atomic E-state index is 0.438. The lowest BCUT2D eigenvalue weighted by Crippen LogP contribution is -2.38. The van der Waals surface area contributed by atoms with E-state index in [1.807, 2.05) is 54.7 Å². The van der Waals surface area contributed by atoms with Crippen LogP contribution in [-0.2, 0) is 17.8 Å². The van der Waals surface area contributed by atoms with Crippen LogP contribution in [0.3, 0.4) is 0 Å². The van der Waals surface area contributed by atoms with Gasteiger partial charge in [0.05, 0.1) is 0 Å². The summed E-state index contributed by atoms with van der Waals surface area (Å²) in [5, 5.41) is 13.7. The Bertz CT molecular complexity index is 829. The van der Waals surface area contributed by atoms with E-state index in [1.165, 1.54) is 0 Å². The number of carboxylic acid groups (broad SMARTS) is 1. The molecule has 0 bridgehead atoms. The highest BCUT2D eigenvalue weighted by atomic mass is 79.9. The molecule has 0 aliphatic carbocycles. The van der Waals surface area contributed by atoms with Gasteiger partial charge in [-0.1, -0.05) is 46.3 Å². The van der Waals surface area contributed by atoms with Crippen molar-refractivity contribution in [1.82, 2.24) is 10.3 Å². The molecule has 0 aliphatic heterocycles. The maximum atomic E-state index is 11.6. The molecule has 23 heavy (non-hydrogen) atoms. The second-order valence-corrected chi connectivity index (χ2v) is 6.38. The summed E-state index contributed by atoms with van der Waals surface area (Å²) in [5.74, 6) is -0.842. The molecule has 2 aromatic carbocycles. The molecular formula is C18H17BrN2O2.